The fourth-order valence-electron chi connectivity index (χ4n) is 1.66. The molecular weight excluding hydrogens is 226 g/mol. The highest BCUT2D eigenvalue weighted by molar-refractivity contribution is 5.88. The molecule has 3 heteroatoms. The number of hydrogen-bond donors (Lipinski definition) is 1. The Bertz CT molecular complexity index is 507. The smallest absolute Gasteiger partial charge is 0.150 e. The SMILES string of the molecule is CC.CO.Cc1cc(C)c2ccc(C=O)cc2n1. The largest absolute Gasteiger partial charge is 0.400 e. The van der Waals surface area contributed by atoms with Gasteiger partial charge in [-0.25, -0.2) is 0 Å². The molecule has 0 saturated carbocycles. The van der Waals surface area contributed by atoms with E-state index in [1.165, 1.54) is 5.56 Å². The Morgan fingerprint density at radius 1 is 1.11 bits per heavy atom. The van der Waals surface area contributed by atoms with E-state index in [1.807, 2.05) is 45.0 Å². The molecule has 1 heterocycles. The summed E-state index contributed by atoms with van der Waals surface area (Å²) in [5, 5.41) is 8.11. The van der Waals surface area contributed by atoms with Crippen molar-refractivity contribution in [2.24, 2.45) is 0 Å². The highest BCUT2D eigenvalue weighted by Gasteiger charge is 2.00. The molecule has 0 aliphatic heterocycles. The van der Waals surface area contributed by atoms with E-state index < -0.39 is 0 Å². The third-order valence-corrected chi connectivity index (χ3v) is 2.30. The average Bonchev–Trinajstić information content (AvgIpc) is 2.42. The number of aldehydes is 1. The van der Waals surface area contributed by atoms with E-state index in [4.69, 9.17) is 5.11 Å². The molecule has 1 aromatic carbocycles. The van der Waals surface area contributed by atoms with Crippen molar-refractivity contribution in [3.63, 3.8) is 0 Å². The lowest BCUT2D eigenvalue weighted by Crippen LogP contribution is -1.89. The predicted octanol–water partition coefficient (Wildman–Crippen LogP) is 3.30. The first-order valence-corrected chi connectivity index (χ1v) is 5.98. The second-order valence-electron chi connectivity index (χ2n) is 3.47. The maximum absolute atomic E-state index is 10.6. The van der Waals surface area contributed by atoms with Gasteiger partial charge in [-0.2, -0.15) is 0 Å². The number of benzene rings is 1. The Balaban J connectivity index is 0.000000659. The number of nitrogens with zero attached hydrogens (tertiary/aromatic N) is 1. The summed E-state index contributed by atoms with van der Waals surface area (Å²) in [7, 11) is 1.00. The van der Waals surface area contributed by atoms with Gasteiger partial charge in [0.2, 0.25) is 0 Å². The minimum atomic E-state index is 0.676. The lowest BCUT2D eigenvalue weighted by atomic mass is 10.1. The lowest BCUT2D eigenvalue weighted by molar-refractivity contribution is 0.112. The Labute approximate surface area is 108 Å². The molecule has 0 amide bonds. The average molecular weight is 247 g/mol. The number of rotatable bonds is 1. The van der Waals surface area contributed by atoms with Crippen LogP contribution in [0.3, 0.4) is 0 Å². The summed E-state index contributed by atoms with van der Waals surface area (Å²) in [5.41, 5.74) is 3.75. The van der Waals surface area contributed by atoms with Crippen LogP contribution < -0.4 is 0 Å². The number of aromatic nitrogens is 1. The second kappa shape index (κ2) is 8.37. The number of aryl methyl sites for hydroxylation is 2. The Kier molecular flexibility index (Phi) is 7.56. The molecular formula is C15H21NO2. The summed E-state index contributed by atoms with van der Waals surface area (Å²) in [6.45, 7) is 8.01. The van der Waals surface area contributed by atoms with E-state index in [1.54, 1.807) is 0 Å². The van der Waals surface area contributed by atoms with Gasteiger partial charge in [-0.3, -0.25) is 9.78 Å². The minimum Gasteiger partial charge on any atom is -0.400 e. The highest BCUT2D eigenvalue weighted by Crippen LogP contribution is 2.18. The molecule has 98 valence electrons. The molecule has 3 nitrogen and oxygen atoms in total. The number of fused-ring (bicyclic) bond motifs is 1. The van der Waals surface area contributed by atoms with Gasteiger partial charge in [0.15, 0.2) is 0 Å². The quantitative estimate of drug-likeness (QED) is 0.787. The van der Waals surface area contributed by atoms with E-state index in [-0.39, 0.29) is 0 Å². The van der Waals surface area contributed by atoms with Crippen LogP contribution in [0.15, 0.2) is 24.3 Å². The Morgan fingerprint density at radius 3 is 2.28 bits per heavy atom. The first kappa shape index (κ1) is 16.3. The van der Waals surface area contributed by atoms with Crippen molar-refractivity contribution in [1.82, 2.24) is 4.98 Å². The summed E-state index contributed by atoms with van der Waals surface area (Å²) < 4.78 is 0. The molecule has 0 fully saturated rings. The van der Waals surface area contributed by atoms with Crippen LogP contribution in [0.25, 0.3) is 10.9 Å². The van der Waals surface area contributed by atoms with E-state index in [2.05, 4.69) is 11.9 Å². The summed E-state index contributed by atoms with van der Waals surface area (Å²) >= 11 is 0. The number of carbonyl (C=O) groups excluding carboxylic acids is 1. The van der Waals surface area contributed by atoms with Crippen LogP contribution >= 0.6 is 0 Å². The van der Waals surface area contributed by atoms with Crippen molar-refractivity contribution in [3.05, 3.63) is 41.1 Å². The van der Waals surface area contributed by atoms with Crippen LogP contribution in [-0.4, -0.2) is 23.5 Å². The monoisotopic (exact) mass is 247 g/mol. The molecule has 0 aliphatic rings. The molecule has 18 heavy (non-hydrogen) atoms. The zero-order valence-electron chi connectivity index (χ0n) is 11.7. The van der Waals surface area contributed by atoms with Gasteiger partial charge in [-0.05, 0) is 31.5 Å². The fourth-order valence-corrected chi connectivity index (χ4v) is 1.66. The lowest BCUT2D eigenvalue weighted by Gasteiger charge is -2.03. The molecule has 0 bridgehead atoms. The van der Waals surface area contributed by atoms with Crippen LogP contribution in [0.1, 0.15) is 35.5 Å². The van der Waals surface area contributed by atoms with E-state index in [0.717, 1.165) is 30.0 Å². The van der Waals surface area contributed by atoms with Crippen molar-refractivity contribution >= 4 is 17.2 Å². The summed E-state index contributed by atoms with van der Waals surface area (Å²) in [5.74, 6) is 0. The maximum atomic E-state index is 10.6. The van der Waals surface area contributed by atoms with Crippen LogP contribution in [0.4, 0.5) is 0 Å². The molecule has 1 aromatic heterocycles. The van der Waals surface area contributed by atoms with Crippen LogP contribution in [0.2, 0.25) is 0 Å². The van der Waals surface area contributed by atoms with Gasteiger partial charge in [0, 0.05) is 23.8 Å². The second-order valence-corrected chi connectivity index (χ2v) is 3.47. The molecule has 2 aromatic rings. The number of hydrogen-bond acceptors (Lipinski definition) is 3. The van der Waals surface area contributed by atoms with Gasteiger partial charge in [0.1, 0.15) is 6.29 Å². The Morgan fingerprint density at radius 2 is 1.72 bits per heavy atom. The predicted molar refractivity (Wildman–Crippen MR) is 76.1 cm³/mol. The van der Waals surface area contributed by atoms with E-state index in [0.29, 0.717) is 5.56 Å². The molecule has 0 atom stereocenters. The molecule has 2 rings (SSSR count). The van der Waals surface area contributed by atoms with E-state index in [9.17, 15) is 4.79 Å². The maximum Gasteiger partial charge on any atom is 0.150 e. The van der Waals surface area contributed by atoms with Gasteiger partial charge in [0.05, 0.1) is 5.52 Å². The fraction of sp³-hybridized carbons (Fsp3) is 0.333. The van der Waals surface area contributed by atoms with Gasteiger partial charge in [-0.15, -0.1) is 0 Å². The number of carbonyl (C=O) groups is 1. The molecule has 0 unspecified atom stereocenters. The van der Waals surface area contributed by atoms with Gasteiger partial charge < -0.3 is 5.11 Å². The molecule has 0 spiro atoms. The van der Waals surface area contributed by atoms with Crippen LogP contribution in [0.5, 0.6) is 0 Å². The Hall–Kier alpha value is -1.74. The minimum absolute atomic E-state index is 0.676. The van der Waals surface area contributed by atoms with Crippen molar-refractivity contribution in [1.29, 1.82) is 0 Å². The summed E-state index contributed by atoms with van der Waals surface area (Å²) in [6.07, 6.45) is 0.846. The number of aliphatic hydroxyl groups is 1. The van der Waals surface area contributed by atoms with Gasteiger partial charge >= 0.3 is 0 Å². The molecule has 0 saturated heterocycles. The topological polar surface area (TPSA) is 50.2 Å². The van der Waals surface area contributed by atoms with Gasteiger partial charge in [0.25, 0.3) is 0 Å². The zero-order chi connectivity index (χ0) is 14.1. The van der Waals surface area contributed by atoms with Crippen molar-refractivity contribution in [2.75, 3.05) is 7.11 Å². The zero-order valence-corrected chi connectivity index (χ0v) is 11.7. The van der Waals surface area contributed by atoms with E-state index >= 15 is 0 Å². The standard InChI is InChI=1S/C12H11NO.C2H6.CH4O/c1-8-5-9(2)13-12-6-10(7-14)3-4-11(8)12;2*1-2/h3-7H,1-2H3;1-2H3;2H,1H3. The molecule has 1 N–H and O–H groups in total. The summed E-state index contributed by atoms with van der Waals surface area (Å²) in [4.78, 5) is 15.0. The summed E-state index contributed by atoms with van der Waals surface area (Å²) in [6, 6.07) is 7.63. The van der Waals surface area contributed by atoms with Crippen molar-refractivity contribution in [3.8, 4) is 0 Å². The van der Waals surface area contributed by atoms with Crippen molar-refractivity contribution in [2.45, 2.75) is 27.7 Å². The molecule has 0 radical (unpaired) electrons. The van der Waals surface area contributed by atoms with Crippen LogP contribution in [-0.2, 0) is 0 Å². The number of aliphatic hydroxyl groups excluding tert-OH is 1. The van der Waals surface area contributed by atoms with Crippen LogP contribution in [0, 0.1) is 13.8 Å². The third-order valence-electron chi connectivity index (χ3n) is 2.30. The number of pyridine rings is 1. The highest BCUT2D eigenvalue weighted by atomic mass is 16.2. The van der Waals surface area contributed by atoms with Crippen molar-refractivity contribution < 1.29 is 9.90 Å². The van der Waals surface area contributed by atoms with Gasteiger partial charge in [-0.1, -0.05) is 26.0 Å². The third kappa shape index (κ3) is 3.93. The first-order valence-electron chi connectivity index (χ1n) is 5.98. The first-order chi connectivity index (χ1) is 8.70. The normalized spacial score (nSPS) is 8.78. The molecule has 0 aliphatic carbocycles.